The highest BCUT2D eigenvalue weighted by atomic mass is 16.2. The smallest absolute Gasteiger partial charge is 0.244 e. The van der Waals surface area contributed by atoms with E-state index in [9.17, 15) is 14.4 Å². The van der Waals surface area contributed by atoms with Crippen LogP contribution >= 0.6 is 0 Å². The Morgan fingerprint density at radius 3 is 2.35 bits per heavy atom. The van der Waals surface area contributed by atoms with E-state index in [1.165, 1.54) is 4.90 Å². The summed E-state index contributed by atoms with van der Waals surface area (Å²) in [4.78, 5) is 39.2. The van der Waals surface area contributed by atoms with E-state index < -0.39 is 0 Å². The summed E-state index contributed by atoms with van der Waals surface area (Å²) in [6.45, 7) is -0.187. The molecule has 2 aromatic carbocycles. The number of fused-ring (bicyclic) bond motifs is 6. The van der Waals surface area contributed by atoms with E-state index in [0.29, 0.717) is 17.5 Å². The highest BCUT2D eigenvalue weighted by Crippen LogP contribution is 2.56. The molecule has 5 rings (SSSR count). The van der Waals surface area contributed by atoms with Crippen LogP contribution in [0, 0.1) is 23.7 Å². The number of nitrogens with one attached hydrogen (secondary N) is 1. The number of amides is 3. The predicted octanol–water partition coefficient (Wildman–Crippen LogP) is 2.81. The molecule has 5 nitrogen and oxygen atoms in total. The Hall–Kier alpha value is -2.69. The summed E-state index contributed by atoms with van der Waals surface area (Å²) in [7, 11) is 0. The molecule has 0 radical (unpaired) electrons. The van der Waals surface area contributed by atoms with Gasteiger partial charge in [-0.1, -0.05) is 36.4 Å². The summed E-state index contributed by atoms with van der Waals surface area (Å²) >= 11 is 0. The molecule has 2 saturated carbocycles. The minimum absolute atomic E-state index is 0.139. The Morgan fingerprint density at radius 2 is 1.62 bits per heavy atom. The molecule has 26 heavy (non-hydrogen) atoms. The van der Waals surface area contributed by atoms with E-state index >= 15 is 0 Å². The maximum absolute atomic E-state index is 12.7. The molecule has 0 aromatic heterocycles. The fourth-order valence-electron chi connectivity index (χ4n) is 5.29. The number of likely N-dealkylation sites (tertiary alicyclic amines) is 1. The topological polar surface area (TPSA) is 66.5 Å². The van der Waals surface area contributed by atoms with Gasteiger partial charge in [-0.3, -0.25) is 19.3 Å². The summed E-state index contributed by atoms with van der Waals surface area (Å²) in [6.07, 6.45) is 3.09. The van der Waals surface area contributed by atoms with E-state index in [2.05, 4.69) is 5.32 Å². The Morgan fingerprint density at radius 1 is 0.962 bits per heavy atom. The third kappa shape index (κ3) is 2.19. The average Bonchev–Trinajstić information content (AvgIpc) is 3.32. The van der Waals surface area contributed by atoms with Crippen molar-refractivity contribution in [2.45, 2.75) is 19.3 Å². The average molecular weight is 348 g/mol. The molecule has 3 fully saturated rings. The molecule has 0 unspecified atom stereocenters. The van der Waals surface area contributed by atoms with Crippen molar-refractivity contribution >= 4 is 34.2 Å². The molecule has 1 saturated heterocycles. The van der Waals surface area contributed by atoms with Crippen molar-refractivity contribution in [2.75, 3.05) is 11.9 Å². The molecule has 0 spiro atoms. The standard InChI is InChI=1S/C21H20N2O3/c24-17(22-16-7-3-5-12-4-1-2-6-15(12)16)11-23-20(25)18-13-8-9-14(10-13)19(18)21(23)26/h1-7,13-14,18-19H,8-11H2,(H,22,24)/t13-,14-,18-,19+/m0/s1. The van der Waals surface area contributed by atoms with Crippen molar-refractivity contribution < 1.29 is 14.4 Å². The number of benzene rings is 2. The van der Waals surface area contributed by atoms with Crippen molar-refractivity contribution in [3.05, 3.63) is 42.5 Å². The quantitative estimate of drug-likeness (QED) is 0.868. The summed E-state index contributed by atoms with van der Waals surface area (Å²) in [5.74, 6) is -0.269. The van der Waals surface area contributed by atoms with Gasteiger partial charge in [-0.25, -0.2) is 0 Å². The molecule has 5 heteroatoms. The van der Waals surface area contributed by atoms with Crippen molar-refractivity contribution in [1.82, 2.24) is 4.90 Å². The van der Waals surface area contributed by atoms with Gasteiger partial charge in [0.05, 0.1) is 11.8 Å². The van der Waals surface area contributed by atoms with Crippen molar-refractivity contribution in [3.8, 4) is 0 Å². The third-order valence-electron chi connectivity index (χ3n) is 6.38. The molecule has 3 amide bonds. The molecule has 2 aliphatic carbocycles. The van der Waals surface area contributed by atoms with Gasteiger partial charge >= 0.3 is 0 Å². The molecule has 132 valence electrons. The van der Waals surface area contributed by atoms with E-state index in [4.69, 9.17) is 0 Å². The summed E-state index contributed by atoms with van der Waals surface area (Å²) in [5, 5.41) is 4.85. The number of anilines is 1. The number of hydrogen-bond acceptors (Lipinski definition) is 3. The maximum Gasteiger partial charge on any atom is 0.244 e. The van der Waals surface area contributed by atoms with Gasteiger partial charge in [-0.05, 0) is 42.6 Å². The maximum atomic E-state index is 12.7. The minimum atomic E-state index is -0.324. The van der Waals surface area contributed by atoms with Crippen LogP contribution < -0.4 is 5.32 Å². The third-order valence-corrected chi connectivity index (χ3v) is 6.38. The molecular formula is C21H20N2O3. The van der Waals surface area contributed by atoms with Crippen LogP contribution in [0.4, 0.5) is 5.69 Å². The van der Waals surface area contributed by atoms with Gasteiger partial charge in [-0.15, -0.1) is 0 Å². The molecule has 3 aliphatic rings. The van der Waals surface area contributed by atoms with Crippen molar-refractivity contribution in [2.24, 2.45) is 23.7 Å². The second kappa shape index (κ2) is 5.66. The normalized spacial score (nSPS) is 29.5. The van der Waals surface area contributed by atoms with Crippen LogP contribution in [-0.4, -0.2) is 29.2 Å². The summed E-state index contributed by atoms with van der Waals surface area (Å²) in [6, 6.07) is 13.5. The number of rotatable bonds is 3. The molecule has 2 bridgehead atoms. The monoisotopic (exact) mass is 348 g/mol. The number of nitrogens with zero attached hydrogens (tertiary/aromatic N) is 1. The van der Waals surface area contributed by atoms with E-state index in [0.717, 1.165) is 30.0 Å². The summed E-state index contributed by atoms with van der Waals surface area (Å²) in [5.41, 5.74) is 0.701. The number of hydrogen-bond donors (Lipinski definition) is 1. The first-order valence-electron chi connectivity index (χ1n) is 9.26. The fraction of sp³-hybridized carbons (Fsp3) is 0.381. The van der Waals surface area contributed by atoms with Gasteiger partial charge in [0.1, 0.15) is 6.54 Å². The zero-order valence-corrected chi connectivity index (χ0v) is 14.4. The van der Waals surface area contributed by atoms with E-state index in [1.54, 1.807) is 0 Å². The first-order chi connectivity index (χ1) is 12.6. The lowest BCUT2D eigenvalue weighted by molar-refractivity contribution is -0.143. The first-order valence-corrected chi connectivity index (χ1v) is 9.26. The van der Waals surface area contributed by atoms with Crippen LogP contribution in [0.1, 0.15) is 19.3 Å². The molecule has 2 aromatic rings. The number of imide groups is 1. The number of carbonyl (C=O) groups excluding carboxylic acids is 3. The molecule has 1 heterocycles. The van der Waals surface area contributed by atoms with Crippen LogP contribution in [0.3, 0.4) is 0 Å². The molecule has 1 N–H and O–H groups in total. The first kappa shape index (κ1) is 15.6. The Labute approximate surface area is 151 Å². The van der Waals surface area contributed by atoms with Gasteiger partial charge in [-0.2, -0.15) is 0 Å². The fourth-order valence-corrected chi connectivity index (χ4v) is 5.29. The molecule has 1 aliphatic heterocycles. The Balaban J connectivity index is 1.34. The molecular weight excluding hydrogens is 328 g/mol. The second-order valence-corrected chi connectivity index (χ2v) is 7.72. The van der Waals surface area contributed by atoms with Crippen LogP contribution in [0.2, 0.25) is 0 Å². The lowest BCUT2D eigenvalue weighted by atomic mass is 9.81. The van der Waals surface area contributed by atoms with E-state index in [-0.39, 0.29) is 36.1 Å². The predicted molar refractivity (Wildman–Crippen MR) is 97.1 cm³/mol. The van der Waals surface area contributed by atoms with Crippen LogP contribution in [-0.2, 0) is 14.4 Å². The number of carbonyl (C=O) groups is 3. The van der Waals surface area contributed by atoms with Crippen LogP contribution in [0.5, 0.6) is 0 Å². The second-order valence-electron chi connectivity index (χ2n) is 7.72. The van der Waals surface area contributed by atoms with Crippen molar-refractivity contribution in [1.29, 1.82) is 0 Å². The highest BCUT2D eigenvalue weighted by Gasteiger charge is 2.60. The lowest BCUT2D eigenvalue weighted by Crippen LogP contribution is -2.39. The van der Waals surface area contributed by atoms with Crippen LogP contribution in [0.15, 0.2) is 42.5 Å². The Bertz CT molecular complexity index is 905. The van der Waals surface area contributed by atoms with E-state index in [1.807, 2.05) is 42.5 Å². The zero-order valence-electron chi connectivity index (χ0n) is 14.4. The molecule has 4 atom stereocenters. The van der Waals surface area contributed by atoms with Gasteiger partial charge in [0.25, 0.3) is 0 Å². The largest absolute Gasteiger partial charge is 0.324 e. The lowest BCUT2D eigenvalue weighted by Gasteiger charge is -2.19. The van der Waals surface area contributed by atoms with Crippen molar-refractivity contribution in [3.63, 3.8) is 0 Å². The van der Waals surface area contributed by atoms with Gasteiger partial charge < -0.3 is 5.32 Å². The minimum Gasteiger partial charge on any atom is -0.324 e. The zero-order chi connectivity index (χ0) is 17.8. The summed E-state index contributed by atoms with van der Waals surface area (Å²) < 4.78 is 0. The highest BCUT2D eigenvalue weighted by molar-refractivity contribution is 6.10. The van der Waals surface area contributed by atoms with Gasteiger partial charge in [0, 0.05) is 11.1 Å². The van der Waals surface area contributed by atoms with Gasteiger partial charge in [0.2, 0.25) is 17.7 Å². The SMILES string of the molecule is O=C(CN1C(=O)[C@@H]2[C@H]3CC[C@@H](C3)[C@@H]2C1=O)Nc1cccc2ccccc12. The van der Waals surface area contributed by atoms with Gasteiger partial charge in [0.15, 0.2) is 0 Å². The Kier molecular flexibility index (Phi) is 3.39. The van der Waals surface area contributed by atoms with Crippen LogP contribution in [0.25, 0.3) is 10.8 Å².